The lowest BCUT2D eigenvalue weighted by Crippen LogP contribution is -2.47. The number of hydrogen-bond acceptors (Lipinski definition) is 7. The zero-order chi connectivity index (χ0) is 21.4. The highest BCUT2D eigenvalue weighted by Gasteiger charge is 2.38. The Bertz CT molecular complexity index is 1140. The van der Waals surface area contributed by atoms with E-state index in [9.17, 15) is 26.7 Å². The first-order chi connectivity index (χ1) is 13.6. The average Bonchev–Trinajstić information content (AvgIpc) is 2.72. The van der Waals surface area contributed by atoms with Crippen molar-refractivity contribution in [2.24, 2.45) is 0 Å². The molecule has 156 valence electrons. The number of carbonyl (C=O) groups is 1. The Morgan fingerprint density at radius 3 is 2.31 bits per heavy atom. The molecule has 1 aliphatic heterocycles. The highest BCUT2D eigenvalue weighted by Crippen LogP contribution is 2.39. The van der Waals surface area contributed by atoms with E-state index in [-0.39, 0.29) is 27.0 Å². The van der Waals surface area contributed by atoms with Crippen molar-refractivity contribution in [1.29, 1.82) is 0 Å². The molecule has 1 aliphatic rings. The molecular formula is C18H19NO8S2. The van der Waals surface area contributed by atoms with E-state index in [2.05, 4.69) is 0 Å². The molecule has 3 rings (SSSR count). The van der Waals surface area contributed by atoms with Gasteiger partial charge in [0, 0.05) is 0 Å². The zero-order valence-electron chi connectivity index (χ0n) is 15.6. The molecule has 0 radical (unpaired) electrons. The summed E-state index contributed by atoms with van der Waals surface area (Å²) >= 11 is 0. The van der Waals surface area contributed by atoms with Crippen LogP contribution in [0.5, 0.6) is 11.5 Å². The normalized spacial score (nSPS) is 16.6. The summed E-state index contributed by atoms with van der Waals surface area (Å²) in [6.45, 7) is 0.962. The number of sulfonamides is 1. The minimum absolute atomic E-state index is 0.0317. The summed E-state index contributed by atoms with van der Waals surface area (Å²) in [6.07, 6.45) is -1.44. The standard InChI is InChI=1S/C18H19NO8S2/c1-3-28(22,23)14-8-9-16-15(10-14)19(11-17(27-16)18(20)21)29(24,25)13-6-4-12(26-2)5-7-13/h4-10,17H,3,11H2,1-2H3,(H,20,21)/t17-/m0/s1. The fourth-order valence-corrected chi connectivity index (χ4v) is 5.19. The lowest BCUT2D eigenvalue weighted by molar-refractivity contribution is -0.144. The van der Waals surface area contributed by atoms with Crippen LogP contribution in [-0.4, -0.2) is 53.4 Å². The fraction of sp³-hybridized carbons (Fsp3) is 0.278. The molecule has 9 nitrogen and oxygen atoms in total. The molecule has 1 N–H and O–H groups in total. The number of rotatable bonds is 6. The lowest BCUT2D eigenvalue weighted by Gasteiger charge is -2.34. The van der Waals surface area contributed by atoms with Crippen LogP contribution in [0.1, 0.15) is 6.92 Å². The van der Waals surface area contributed by atoms with Gasteiger partial charge in [-0.2, -0.15) is 0 Å². The smallest absolute Gasteiger partial charge is 0.346 e. The Morgan fingerprint density at radius 1 is 1.14 bits per heavy atom. The maximum Gasteiger partial charge on any atom is 0.346 e. The quantitative estimate of drug-likeness (QED) is 0.715. The number of hydrogen-bond donors (Lipinski definition) is 1. The van der Waals surface area contributed by atoms with E-state index in [0.29, 0.717) is 5.75 Å². The van der Waals surface area contributed by atoms with Gasteiger partial charge in [-0.05, 0) is 42.5 Å². The second kappa shape index (κ2) is 7.56. The molecular weight excluding hydrogens is 422 g/mol. The van der Waals surface area contributed by atoms with Crippen LogP contribution in [0, 0.1) is 0 Å². The largest absolute Gasteiger partial charge is 0.497 e. The number of carboxylic acids is 1. The molecule has 0 saturated heterocycles. The number of nitrogens with zero attached hydrogens (tertiary/aromatic N) is 1. The van der Waals surface area contributed by atoms with Crippen LogP contribution < -0.4 is 13.8 Å². The first-order valence-corrected chi connectivity index (χ1v) is 11.6. The second-order valence-corrected chi connectivity index (χ2v) is 10.3. The van der Waals surface area contributed by atoms with Gasteiger partial charge in [0.05, 0.1) is 34.9 Å². The number of benzene rings is 2. The average molecular weight is 441 g/mol. The number of anilines is 1. The predicted octanol–water partition coefficient (Wildman–Crippen LogP) is 1.53. The van der Waals surface area contributed by atoms with Crippen LogP contribution in [0.15, 0.2) is 52.3 Å². The number of methoxy groups -OCH3 is 1. The number of aliphatic carboxylic acids is 1. The Kier molecular flexibility index (Phi) is 5.46. The third kappa shape index (κ3) is 3.87. The molecule has 0 aromatic heterocycles. The van der Waals surface area contributed by atoms with Crippen LogP contribution in [0.3, 0.4) is 0 Å². The van der Waals surface area contributed by atoms with Crippen LogP contribution >= 0.6 is 0 Å². The molecule has 1 atom stereocenters. The highest BCUT2D eigenvalue weighted by molar-refractivity contribution is 7.93. The van der Waals surface area contributed by atoms with Gasteiger partial charge in [-0.3, -0.25) is 4.31 Å². The Hall–Kier alpha value is -2.79. The van der Waals surface area contributed by atoms with Crippen molar-refractivity contribution < 1.29 is 36.2 Å². The van der Waals surface area contributed by atoms with Gasteiger partial charge in [-0.15, -0.1) is 0 Å². The van der Waals surface area contributed by atoms with Crippen molar-refractivity contribution >= 4 is 31.5 Å². The van der Waals surface area contributed by atoms with E-state index in [4.69, 9.17) is 9.47 Å². The summed E-state index contributed by atoms with van der Waals surface area (Å²) in [5, 5.41) is 9.35. The summed E-state index contributed by atoms with van der Waals surface area (Å²) in [5.74, 6) is -1.09. The minimum atomic E-state index is -4.20. The predicted molar refractivity (Wildman–Crippen MR) is 104 cm³/mol. The fourth-order valence-electron chi connectivity index (χ4n) is 2.82. The van der Waals surface area contributed by atoms with Gasteiger partial charge >= 0.3 is 5.97 Å². The molecule has 29 heavy (non-hydrogen) atoms. The Balaban J connectivity index is 2.16. The third-order valence-corrected chi connectivity index (χ3v) is 7.99. The zero-order valence-corrected chi connectivity index (χ0v) is 17.2. The first-order valence-electron chi connectivity index (χ1n) is 8.53. The van der Waals surface area contributed by atoms with E-state index >= 15 is 0 Å². The maximum absolute atomic E-state index is 13.2. The van der Waals surface area contributed by atoms with Crippen molar-refractivity contribution in [3.05, 3.63) is 42.5 Å². The molecule has 2 aromatic rings. The number of ether oxygens (including phenoxy) is 2. The molecule has 0 saturated carbocycles. The van der Waals surface area contributed by atoms with Crippen molar-refractivity contribution in [3.63, 3.8) is 0 Å². The molecule has 0 amide bonds. The molecule has 0 unspecified atom stereocenters. The monoisotopic (exact) mass is 441 g/mol. The molecule has 2 aromatic carbocycles. The SMILES string of the molecule is CCS(=O)(=O)c1ccc2c(c1)N(S(=O)(=O)c1ccc(OC)cc1)C[C@@H](C(=O)O)O2. The van der Waals surface area contributed by atoms with Gasteiger partial charge in [0.2, 0.25) is 6.10 Å². The van der Waals surface area contributed by atoms with Crippen LogP contribution in [-0.2, 0) is 24.7 Å². The summed E-state index contributed by atoms with van der Waals surface area (Å²) < 4.78 is 62.2. The highest BCUT2D eigenvalue weighted by atomic mass is 32.2. The van der Waals surface area contributed by atoms with E-state index < -0.39 is 38.5 Å². The van der Waals surface area contributed by atoms with Crippen LogP contribution in [0.25, 0.3) is 0 Å². The molecule has 0 spiro atoms. The minimum Gasteiger partial charge on any atom is -0.497 e. The molecule has 0 bridgehead atoms. The van der Waals surface area contributed by atoms with E-state index in [0.717, 1.165) is 4.31 Å². The summed E-state index contributed by atoms with van der Waals surface area (Å²) in [7, 11) is -6.37. The first kappa shape index (κ1) is 20.9. The topological polar surface area (TPSA) is 127 Å². The third-order valence-electron chi connectivity index (χ3n) is 4.46. The number of fused-ring (bicyclic) bond motifs is 1. The maximum atomic E-state index is 13.2. The van der Waals surface area contributed by atoms with Crippen LogP contribution in [0.2, 0.25) is 0 Å². The van der Waals surface area contributed by atoms with E-state index in [1.807, 2.05) is 0 Å². The molecule has 0 fully saturated rings. The van der Waals surface area contributed by atoms with Crippen molar-refractivity contribution in [3.8, 4) is 11.5 Å². The molecule has 0 aliphatic carbocycles. The Labute approximate surface area is 168 Å². The van der Waals surface area contributed by atoms with Gasteiger partial charge in [0.25, 0.3) is 10.0 Å². The molecule has 11 heteroatoms. The number of sulfone groups is 1. The van der Waals surface area contributed by atoms with Crippen molar-refractivity contribution in [1.82, 2.24) is 0 Å². The van der Waals surface area contributed by atoms with Gasteiger partial charge in [0.15, 0.2) is 9.84 Å². The summed E-state index contributed by atoms with van der Waals surface area (Å²) in [6, 6.07) is 9.29. The van der Waals surface area contributed by atoms with Crippen molar-refractivity contribution in [2.45, 2.75) is 22.8 Å². The summed E-state index contributed by atoms with van der Waals surface area (Å²) in [5.41, 5.74) is -0.0344. The summed E-state index contributed by atoms with van der Waals surface area (Å²) in [4.78, 5) is 11.3. The van der Waals surface area contributed by atoms with Crippen LogP contribution in [0.4, 0.5) is 5.69 Å². The van der Waals surface area contributed by atoms with Gasteiger partial charge in [-0.25, -0.2) is 21.6 Å². The van der Waals surface area contributed by atoms with E-state index in [1.165, 1.54) is 56.5 Å². The lowest BCUT2D eigenvalue weighted by atomic mass is 10.2. The Morgan fingerprint density at radius 2 is 1.76 bits per heavy atom. The molecule has 1 heterocycles. The van der Waals surface area contributed by atoms with E-state index in [1.54, 1.807) is 0 Å². The van der Waals surface area contributed by atoms with Gasteiger partial charge < -0.3 is 14.6 Å². The van der Waals surface area contributed by atoms with Gasteiger partial charge in [-0.1, -0.05) is 6.92 Å². The number of carboxylic acid groups (broad SMARTS) is 1. The van der Waals surface area contributed by atoms with Crippen molar-refractivity contribution in [2.75, 3.05) is 23.7 Å². The second-order valence-electron chi connectivity index (χ2n) is 6.19. The van der Waals surface area contributed by atoms with Gasteiger partial charge in [0.1, 0.15) is 11.5 Å².